The third-order valence-electron chi connectivity index (χ3n) is 3.26. The Morgan fingerprint density at radius 1 is 1.23 bits per heavy atom. The number of halogens is 2. The van der Waals surface area contributed by atoms with E-state index in [0.29, 0.717) is 25.9 Å². The summed E-state index contributed by atoms with van der Waals surface area (Å²) in [6, 6.07) is 2.60. The van der Waals surface area contributed by atoms with E-state index in [-0.39, 0.29) is 22.3 Å². The summed E-state index contributed by atoms with van der Waals surface area (Å²) in [5, 5.41) is 0.154. The van der Waals surface area contributed by atoms with Crippen molar-refractivity contribution >= 4 is 16.9 Å². The van der Waals surface area contributed by atoms with Crippen molar-refractivity contribution in [1.82, 2.24) is 0 Å². The summed E-state index contributed by atoms with van der Waals surface area (Å²) >= 11 is 1.22. The second kappa shape index (κ2) is 9.82. The number of benzene rings is 1. The van der Waals surface area contributed by atoms with Crippen LogP contribution >= 0.6 is 11.8 Å². The molecule has 0 bridgehead atoms. The first-order valence-corrected chi connectivity index (χ1v) is 8.84. The molecule has 0 aliphatic carbocycles. The zero-order valence-corrected chi connectivity index (χ0v) is 14.3. The molecule has 0 heterocycles. The molecule has 0 spiro atoms. The molecule has 0 fully saturated rings. The second-order valence-electron chi connectivity index (χ2n) is 5.68. The van der Waals surface area contributed by atoms with Gasteiger partial charge in [0.25, 0.3) is 0 Å². The number of unbranched alkanes of at least 4 members (excludes halogenated alkanes) is 2. The fourth-order valence-electron chi connectivity index (χ4n) is 2.02. The van der Waals surface area contributed by atoms with Crippen LogP contribution < -0.4 is 4.74 Å². The number of ether oxygens (including phenoxy) is 1. The number of carbonyl (C=O) groups is 1. The van der Waals surface area contributed by atoms with Crippen molar-refractivity contribution in [3.63, 3.8) is 0 Å². The Morgan fingerprint density at radius 2 is 1.95 bits per heavy atom. The lowest BCUT2D eigenvalue weighted by atomic mass is 10.0. The van der Waals surface area contributed by atoms with Crippen molar-refractivity contribution in [2.45, 2.75) is 46.0 Å². The van der Waals surface area contributed by atoms with Gasteiger partial charge in [-0.15, -0.1) is 0 Å². The van der Waals surface area contributed by atoms with Gasteiger partial charge in [-0.05, 0) is 43.6 Å². The van der Waals surface area contributed by atoms with Gasteiger partial charge in [0.15, 0.2) is 16.7 Å². The van der Waals surface area contributed by atoms with Crippen LogP contribution in [0.25, 0.3) is 0 Å². The lowest BCUT2D eigenvalue weighted by Crippen LogP contribution is -2.07. The average molecular weight is 330 g/mol. The Kier molecular flexibility index (Phi) is 8.46. The molecule has 124 valence electrons. The van der Waals surface area contributed by atoms with Crippen molar-refractivity contribution in [3.8, 4) is 5.75 Å². The van der Waals surface area contributed by atoms with Crippen LogP contribution in [0.5, 0.6) is 5.75 Å². The van der Waals surface area contributed by atoms with Crippen LogP contribution in [0.1, 0.15) is 45.1 Å². The SMILES string of the molecule is CSC(=O)CCCCCc1c(F)ccc(OCC(C)C)c1F. The van der Waals surface area contributed by atoms with Crippen molar-refractivity contribution in [2.75, 3.05) is 12.9 Å². The molecule has 1 rings (SSSR count). The minimum Gasteiger partial charge on any atom is -0.490 e. The monoisotopic (exact) mass is 330 g/mol. The quantitative estimate of drug-likeness (QED) is 0.597. The minimum atomic E-state index is -0.596. The highest BCUT2D eigenvalue weighted by Gasteiger charge is 2.15. The van der Waals surface area contributed by atoms with Crippen LogP contribution in [-0.4, -0.2) is 18.0 Å². The number of hydrogen-bond donors (Lipinski definition) is 0. The number of rotatable bonds is 9. The van der Waals surface area contributed by atoms with Crippen LogP contribution in [0.2, 0.25) is 0 Å². The molecular formula is C17H24F2O2S. The van der Waals surface area contributed by atoms with Crippen molar-refractivity contribution in [2.24, 2.45) is 5.92 Å². The molecule has 2 nitrogen and oxygen atoms in total. The summed E-state index contributed by atoms with van der Waals surface area (Å²) in [6.07, 6.45) is 4.79. The van der Waals surface area contributed by atoms with E-state index in [1.165, 1.54) is 23.9 Å². The van der Waals surface area contributed by atoms with Gasteiger partial charge in [-0.2, -0.15) is 0 Å². The van der Waals surface area contributed by atoms with Gasteiger partial charge in [-0.25, -0.2) is 8.78 Å². The maximum Gasteiger partial charge on any atom is 0.188 e. The normalized spacial score (nSPS) is 11.0. The van der Waals surface area contributed by atoms with Crippen molar-refractivity contribution in [1.29, 1.82) is 0 Å². The zero-order valence-electron chi connectivity index (χ0n) is 13.5. The maximum atomic E-state index is 14.3. The molecule has 0 atom stereocenters. The first-order chi connectivity index (χ1) is 10.5. The molecule has 0 unspecified atom stereocenters. The number of carbonyl (C=O) groups excluding carboxylic acids is 1. The van der Waals surface area contributed by atoms with Gasteiger partial charge in [-0.1, -0.05) is 32.0 Å². The molecule has 0 saturated heterocycles. The van der Waals surface area contributed by atoms with E-state index in [9.17, 15) is 13.6 Å². The van der Waals surface area contributed by atoms with E-state index < -0.39 is 11.6 Å². The van der Waals surface area contributed by atoms with Gasteiger partial charge >= 0.3 is 0 Å². The van der Waals surface area contributed by atoms with Gasteiger partial charge in [0, 0.05) is 12.0 Å². The van der Waals surface area contributed by atoms with Gasteiger partial charge < -0.3 is 4.74 Å². The van der Waals surface area contributed by atoms with Crippen LogP contribution in [-0.2, 0) is 11.2 Å². The van der Waals surface area contributed by atoms with Crippen LogP contribution in [0, 0.1) is 17.6 Å². The summed E-state index contributed by atoms with van der Waals surface area (Å²) in [5.41, 5.74) is 0.0810. The predicted octanol–water partition coefficient (Wildman–Crippen LogP) is 4.99. The second-order valence-corrected chi connectivity index (χ2v) is 6.54. The Balaban J connectivity index is 2.54. The Labute approximate surface area is 135 Å². The van der Waals surface area contributed by atoms with E-state index in [1.54, 1.807) is 6.26 Å². The molecule has 0 radical (unpaired) electrons. The molecule has 0 saturated carbocycles. The fourth-order valence-corrected chi connectivity index (χ4v) is 2.37. The highest BCUT2D eigenvalue weighted by atomic mass is 32.2. The molecule has 1 aromatic rings. The van der Waals surface area contributed by atoms with Crippen LogP contribution in [0.15, 0.2) is 12.1 Å². The molecule has 0 aliphatic rings. The standard InChI is InChI=1S/C17H24F2O2S/c1-12(2)11-21-15-10-9-14(18)13(17(15)19)7-5-4-6-8-16(20)22-3/h9-10,12H,4-8,11H2,1-3H3. The molecule has 1 aromatic carbocycles. The Morgan fingerprint density at radius 3 is 2.59 bits per heavy atom. The van der Waals surface area contributed by atoms with Gasteiger partial charge in [0.2, 0.25) is 0 Å². The van der Waals surface area contributed by atoms with E-state index >= 15 is 0 Å². The fraction of sp³-hybridized carbons (Fsp3) is 0.588. The lowest BCUT2D eigenvalue weighted by molar-refractivity contribution is -0.111. The summed E-state index contributed by atoms with van der Waals surface area (Å²) in [7, 11) is 0. The molecule has 0 aromatic heterocycles. The van der Waals surface area contributed by atoms with E-state index in [1.807, 2.05) is 13.8 Å². The van der Waals surface area contributed by atoms with Gasteiger partial charge in [0.05, 0.1) is 6.61 Å². The summed E-state index contributed by atoms with van der Waals surface area (Å²) in [4.78, 5) is 11.2. The molecule has 5 heteroatoms. The minimum absolute atomic E-state index is 0.0810. The topological polar surface area (TPSA) is 26.3 Å². The smallest absolute Gasteiger partial charge is 0.188 e. The first kappa shape index (κ1) is 18.9. The van der Waals surface area contributed by atoms with Gasteiger partial charge in [0.1, 0.15) is 5.82 Å². The number of hydrogen-bond acceptors (Lipinski definition) is 3. The zero-order chi connectivity index (χ0) is 16.5. The summed E-state index contributed by atoms with van der Waals surface area (Å²) in [5.74, 6) is -0.736. The average Bonchev–Trinajstić information content (AvgIpc) is 2.48. The largest absolute Gasteiger partial charge is 0.490 e. The van der Waals surface area contributed by atoms with E-state index in [0.717, 1.165) is 12.8 Å². The third kappa shape index (κ3) is 6.34. The molecular weight excluding hydrogens is 306 g/mol. The van der Waals surface area contributed by atoms with Gasteiger partial charge in [-0.3, -0.25) is 4.79 Å². The summed E-state index contributed by atoms with van der Waals surface area (Å²) in [6.45, 7) is 4.34. The Hall–Kier alpha value is -1.10. The highest BCUT2D eigenvalue weighted by Crippen LogP contribution is 2.25. The van der Waals surface area contributed by atoms with E-state index in [4.69, 9.17) is 4.74 Å². The first-order valence-electron chi connectivity index (χ1n) is 7.62. The predicted molar refractivity (Wildman–Crippen MR) is 87.4 cm³/mol. The van der Waals surface area contributed by atoms with Crippen LogP contribution in [0.3, 0.4) is 0 Å². The summed E-state index contributed by atoms with van der Waals surface area (Å²) < 4.78 is 33.4. The van der Waals surface area contributed by atoms with Crippen molar-refractivity contribution in [3.05, 3.63) is 29.3 Å². The Bertz CT molecular complexity index is 490. The van der Waals surface area contributed by atoms with E-state index in [2.05, 4.69) is 0 Å². The molecule has 0 amide bonds. The van der Waals surface area contributed by atoms with Crippen LogP contribution in [0.4, 0.5) is 8.78 Å². The highest BCUT2D eigenvalue weighted by molar-refractivity contribution is 8.13. The molecule has 0 aliphatic heterocycles. The third-order valence-corrected chi connectivity index (χ3v) is 3.92. The molecule has 22 heavy (non-hydrogen) atoms. The lowest BCUT2D eigenvalue weighted by Gasteiger charge is -2.12. The molecule has 0 N–H and O–H groups in total. The number of thioether (sulfide) groups is 1. The maximum absolute atomic E-state index is 14.3. The van der Waals surface area contributed by atoms with Crippen molar-refractivity contribution < 1.29 is 18.3 Å².